The average molecular weight is 387 g/mol. The predicted molar refractivity (Wildman–Crippen MR) is 104 cm³/mol. The summed E-state index contributed by atoms with van der Waals surface area (Å²) < 4.78 is 17.2. The molecule has 0 saturated heterocycles. The van der Waals surface area contributed by atoms with Crippen molar-refractivity contribution in [1.29, 1.82) is 0 Å². The van der Waals surface area contributed by atoms with Crippen molar-refractivity contribution < 1.29 is 19.0 Å². The highest BCUT2D eigenvalue weighted by Crippen LogP contribution is 2.38. The summed E-state index contributed by atoms with van der Waals surface area (Å²) in [5.41, 5.74) is 2.28. The lowest BCUT2D eigenvalue weighted by Crippen LogP contribution is -2.33. The summed E-state index contributed by atoms with van der Waals surface area (Å²) in [5, 5.41) is 7.26. The molecule has 8 heteroatoms. The second-order valence-electron chi connectivity index (χ2n) is 6.55. The van der Waals surface area contributed by atoms with Crippen molar-refractivity contribution in [2.45, 2.75) is 32.2 Å². The highest BCUT2D eigenvalue weighted by molar-refractivity contribution is 5.95. The first kappa shape index (κ1) is 19.7. The molecule has 1 N–H and O–H groups in total. The maximum absolute atomic E-state index is 12.5. The van der Waals surface area contributed by atoms with Crippen LogP contribution >= 0.6 is 0 Å². The van der Waals surface area contributed by atoms with Crippen LogP contribution in [0.25, 0.3) is 0 Å². The third kappa shape index (κ3) is 4.11. The second-order valence-corrected chi connectivity index (χ2v) is 6.55. The highest BCUT2D eigenvalue weighted by Gasteiger charge is 2.17. The number of rotatable bonds is 7. The van der Waals surface area contributed by atoms with E-state index >= 15 is 0 Å². The van der Waals surface area contributed by atoms with Gasteiger partial charge in [0, 0.05) is 18.2 Å². The molecule has 1 aliphatic carbocycles. The largest absolute Gasteiger partial charge is 0.493 e. The fourth-order valence-corrected chi connectivity index (χ4v) is 3.35. The van der Waals surface area contributed by atoms with E-state index in [0.717, 1.165) is 36.9 Å². The van der Waals surface area contributed by atoms with Crippen LogP contribution in [0, 0.1) is 0 Å². The van der Waals surface area contributed by atoms with Crippen molar-refractivity contribution in [2.24, 2.45) is 0 Å². The number of ether oxygens (including phenoxy) is 3. The number of benzene rings is 1. The lowest BCUT2D eigenvalue weighted by Gasteiger charge is -2.16. The molecule has 0 spiro atoms. The first-order valence-corrected chi connectivity index (χ1v) is 9.25. The minimum Gasteiger partial charge on any atom is -0.493 e. The van der Waals surface area contributed by atoms with Gasteiger partial charge in [-0.3, -0.25) is 9.59 Å². The van der Waals surface area contributed by atoms with Crippen molar-refractivity contribution in [3.8, 4) is 17.2 Å². The van der Waals surface area contributed by atoms with E-state index in [1.165, 1.54) is 26.0 Å². The van der Waals surface area contributed by atoms with Gasteiger partial charge in [0.1, 0.15) is 0 Å². The van der Waals surface area contributed by atoms with E-state index in [-0.39, 0.29) is 18.0 Å². The molecule has 1 aliphatic rings. The van der Waals surface area contributed by atoms with Gasteiger partial charge in [-0.1, -0.05) is 0 Å². The molecule has 0 radical (unpaired) electrons. The molecular formula is C20H25N3O5. The molecule has 3 rings (SSSR count). The standard InChI is InChI=1S/C20H25N3O5/c1-26-16-10-14(11-17(27-2)19(16)28-3)20(25)21-8-9-23-18(24)12-13-6-4-5-7-15(13)22-23/h10-12H,4-9H2,1-3H3,(H,21,25). The smallest absolute Gasteiger partial charge is 0.267 e. The number of amides is 1. The third-order valence-corrected chi connectivity index (χ3v) is 4.81. The molecule has 0 atom stereocenters. The van der Waals surface area contributed by atoms with E-state index in [1.54, 1.807) is 18.2 Å². The Bertz CT molecular complexity index is 898. The van der Waals surface area contributed by atoms with Gasteiger partial charge >= 0.3 is 0 Å². The summed E-state index contributed by atoms with van der Waals surface area (Å²) in [6.07, 6.45) is 4.00. The lowest BCUT2D eigenvalue weighted by molar-refractivity contribution is 0.0951. The number of methoxy groups -OCH3 is 3. The zero-order valence-electron chi connectivity index (χ0n) is 16.4. The van der Waals surface area contributed by atoms with E-state index in [1.807, 2.05) is 0 Å². The Kier molecular flexibility index (Phi) is 6.18. The Morgan fingerprint density at radius 1 is 1.07 bits per heavy atom. The molecule has 1 amide bonds. The fraction of sp³-hybridized carbons (Fsp3) is 0.450. The van der Waals surface area contributed by atoms with Gasteiger partial charge in [0.2, 0.25) is 5.75 Å². The van der Waals surface area contributed by atoms with Gasteiger partial charge in [-0.2, -0.15) is 5.10 Å². The van der Waals surface area contributed by atoms with Crippen molar-refractivity contribution in [3.63, 3.8) is 0 Å². The lowest BCUT2D eigenvalue weighted by atomic mass is 9.97. The van der Waals surface area contributed by atoms with Crippen LogP contribution in [-0.4, -0.2) is 43.6 Å². The number of nitrogens with zero attached hydrogens (tertiary/aromatic N) is 2. The number of nitrogens with one attached hydrogen (secondary N) is 1. The molecule has 1 aromatic heterocycles. The third-order valence-electron chi connectivity index (χ3n) is 4.81. The predicted octanol–water partition coefficient (Wildman–Crippen LogP) is 1.58. The Morgan fingerprint density at radius 3 is 2.39 bits per heavy atom. The normalized spacial score (nSPS) is 12.8. The molecule has 0 saturated carbocycles. The van der Waals surface area contributed by atoms with Crippen LogP contribution in [0.3, 0.4) is 0 Å². The van der Waals surface area contributed by atoms with Gasteiger partial charge in [-0.25, -0.2) is 4.68 Å². The van der Waals surface area contributed by atoms with Crippen molar-refractivity contribution in [3.05, 3.63) is 45.4 Å². The Hall–Kier alpha value is -3.03. The number of carbonyl (C=O) groups excluding carboxylic acids is 1. The fourth-order valence-electron chi connectivity index (χ4n) is 3.35. The molecule has 1 aromatic carbocycles. The van der Waals surface area contributed by atoms with Crippen molar-refractivity contribution in [2.75, 3.05) is 27.9 Å². The van der Waals surface area contributed by atoms with Crippen LogP contribution in [0.2, 0.25) is 0 Å². The zero-order valence-corrected chi connectivity index (χ0v) is 16.4. The average Bonchev–Trinajstić information content (AvgIpc) is 2.72. The molecular weight excluding hydrogens is 362 g/mol. The second kappa shape index (κ2) is 8.77. The Balaban J connectivity index is 1.69. The summed E-state index contributed by atoms with van der Waals surface area (Å²) in [4.78, 5) is 24.7. The van der Waals surface area contributed by atoms with E-state index in [2.05, 4.69) is 10.4 Å². The molecule has 8 nitrogen and oxygen atoms in total. The first-order chi connectivity index (χ1) is 13.6. The number of hydrogen-bond acceptors (Lipinski definition) is 6. The Labute approximate surface area is 163 Å². The van der Waals surface area contributed by atoms with Crippen LogP contribution in [0.4, 0.5) is 0 Å². The topological polar surface area (TPSA) is 91.7 Å². The van der Waals surface area contributed by atoms with Crippen molar-refractivity contribution >= 4 is 5.91 Å². The van der Waals surface area contributed by atoms with Crippen LogP contribution in [0.15, 0.2) is 23.0 Å². The van der Waals surface area contributed by atoms with Crippen LogP contribution < -0.4 is 25.1 Å². The maximum atomic E-state index is 12.5. The summed E-state index contributed by atoms with van der Waals surface area (Å²) in [6, 6.07) is 4.84. The van der Waals surface area contributed by atoms with Crippen molar-refractivity contribution in [1.82, 2.24) is 15.1 Å². The summed E-state index contributed by atoms with van der Waals surface area (Å²) in [5.74, 6) is 0.927. The minimum absolute atomic E-state index is 0.136. The molecule has 1 heterocycles. The molecule has 0 aliphatic heterocycles. The minimum atomic E-state index is -0.301. The van der Waals surface area contributed by atoms with E-state index < -0.39 is 0 Å². The monoisotopic (exact) mass is 387 g/mol. The van der Waals surface area contributed by atoms with Crippen LogP contribution in [-0.2, 0) is 19.4 Å². The summed E-state index contributed by atoms with van der Waals surface area (Å²) in [6.45, 7) is 0.587. The van der Waals surface area contributed by atoms with Gasteiger partial charge in [0.15, 0.2) is 11.5 Å². The van der Waals surface area contributed by atoms with Crippen LogP contribution in [0.1, 0.15) is 34.5 Å². The van der Waals surface area contributed by atoms with Gasteiger partial charge < -0.3 is 19.5 Å². The van der Waals surface area contributed by atoms with Gasteiger partial charge in [0.25, 0.3) is 11.5 Å². The number of fused-ring (bicyclic) bond motifs is 1. The van der Waals surface area contributed by atoms with Gasteiger partial charge in [-0.15, -0.1) is 0 Å². The van der Waals surface area contributed by atoms with Crippen LogP contribution in [0.5, 0.6) is 17.2 Å². The molecule has 0 fully saturated rings. The van der Waals surface area contributed by atoms with Gasteiger partial charge in [-0.05, 0) is 43.4 Å². The Morgan fingerprint density at radius 2 is 1.75 bits per heavy atom. The summed E-state index contributed by atoms with van der Waals surface area (Å²) >= 11 is 0. The summed E-state index contributed by atoms with van der Waals surface area (Å²) in [7, 11) is 4.49. The molecule has 28 heavy (non-hydrogen) atoms. The zero-order chi connectivity index (χ0) is 20.1. The van der Waals surface area contributed by atoms with E-state index in [0.29, 0.717) is 29.4 Å². The number of aromatic nitrogens is 2. The first-order valence-electron chi connectivity index (χ1n) is 9.25. The highest BCUT2D eigenvalue weighted by atomic mass is 16.5. The molecule has 2 aromatic rings. The maximum Gasteiger partial charge on any atom is 0.267 e. The number of hydrogen-bond donors (Lipinski definition) is 1. The SMILES string of the molecule is COc1cc(C(=O)NCCn2nc3c(cc2=O)CCCC3)cc(OC)c1OC. The number of carbonyl (C=O) groups is 1. The molecule has 0 bridgehead atoms. The molecule has 150 valence electrons. The number of aryl methyl sites for hydroxylation is 2. The van der Waals surface area contributed by atoms with Gasteiger partial charge in [0.05, 0.1) is 33.6 Å². The quantitative estimate of drug-likeness (QED) is 0.776. The van der Waals surface area contributed by atoms with E-state index in [4.69, 9.17) is 14.2 Å². The van der Waals surface area contributed by atoms with E-state index in [9.17, 15) is 9.59 Å². The molecule has 0 unspecified atom stereocenters.